The number of carbonyl (C=O) groups excluding carboxylic acids is 1. The minimum atomic E-state index is 0.629. The third-order valence-electron chi connectivity index (χ3n) is 2.09. The van der Waals surface area contributed by atoms with Gasteiger partial charge in [-0.1, -0.05) is 11.6 Å². The van der Waals surface area contributed by atoms with Gasteiger partial charge < -0.3 is 0 Å². The summed E-state index contributed by atoms with van der Waals surface area (Å²) in [5.41, 5.74) is 1.63. The molecule has 3 nitrogen and oxygen atoms in total. The van der Waals surface area contributed by atoms with E-state index in [1.807, 2.05) is 17.1 Å². The highest BCUT2D eigenvalue weighted by molar-refractivity contribution is 6.65. The van der Waals surface area contributed by atoms with Crippen molar-refractivity contribution < 1.29 is 4.79 Å². The number of hydrogen-bond donors (Lipinski definition) is 0. The van der Waals surface area contributed by atoms with Crippen LogP contribution >= 0.6 is 11.6 Å². The second-order valence-electron chi connectivity index (χ2n) is 3.06. The SMILES string of the molecule is O=Cc1ccc(N2CCC(Cl)=N2)cc1. The number of aldehydes is 1. The van der Waals surface area contributed by atoms with Gasteiger partial charge in [-0.05, 0) is 24.3 Å². The zero-order valence-corrected chi connectivity index (χ0v) is 8.24. The molecule has 0 saturated carbocycles. The van der Waals surface area contributed by atoms with E-state index >= 15 is 0 Å². The van der Waals surface area contributed by atoms with Crippen LogP contribution in [0.25, 0.3) is 0 Å². The molecule has 0 amide bonds. The third kappa shape index (κ3) is 1.77. The maximum atomic E-state index is 10.4. The summed E-state index contributed by atoms with van der Waals surface area (Å²) in [5, 5.41) is 6.60. The standard InChI is InChI=1S/C10H9ClN2O/c11-10-5-6-13(12-10)9-3-1-8(7-14)2-4-9/h1-4,7H,5-6H2. The van der Waals surface area contributed by atoms with Crippen molar-refractivity contribution in [2.24, 2.45) is 5.10 Å². The molecule has 1 heterocycles. The van der Waals surface area contributed by atoms with Crippen LogP contribution in [0.1, 0.15) is 16.8 Å². The van der Waals surface area contributed by atoms with Crippen LogP contribution in [-0.4, -0.2) is 18.0 Å². The Morgan fingerprint density at radius 3 is 2.57 bits per heavy atom. The highest BCUT2D eigenvalue weighted by atomic mass is 35.5. The molecule has 14 heavy (non-hydrogen) atoms. The van der Waals surface area contributed by atoms with Gasteiger partial charge in [-0.2, -0.15) is 5.10 Å². The predicted molar refractivity (Wildman–Crippen MR) is 57.1 cm³/mol. The van der Waals surface area contributed by atoms with Crippen LogP contribution in [0.15, 0.2) is 29.4 Å². The average molecular weight is 209 g/mol. The Morgan fingerprint density at radius 1 is 1.36 bits per heavy atom. The van der Waals surface area contributed by atoms with Crippen LogP contribution in [0, 0.1) is 0 Å². The van der Waals surface area contributed by atoms with Crippen LogP contribution < -0.4 is 5.01 Å². The minimum absolute atomic E-state index is 0.629. The molecule has 0 aliphatic carbocycles. The fourth-order valence-electron chi connectivity index (χ4n) is 1.34. The average Bonchev–Trinajstić information content (AvgIpc) is 2.65. The first-order valence-electron chi connectivity index (χ1n) is 4.35. The van der Waals surface area contributed by atoms with E-state index in [1.165, 1.54) is 0 Å². The number of hydrazone groups is 1. The lowest BCUT2D eigenvalue weighted by Crippen LogP contribution is -2.11. The first-order chi connectivity index (χ1) is 6.79. The predicted octanol–water partition coefficient (Wildman–Crippen LogP) is 2.26. The fraction of sp³-hybridized carbons (Fsp3) is 0.200. The maximum absolute atomic E-state index is 10.4. The van der Waals surface area contributed by atoms with Crippen molar-refractivity contribution in [3.63, 3.8) is 0 Å². The topological polar surface area (TPSA) is 32.7 Å². The molecule has 0 saturated heterocycles. The quantitative estimate of drug-likeness (QED) is 0.699. The molecule has 4 heteroatoms. The van der Waals surface area contributed by atoms with Gasteiger partial charge in [0.2, 0.25) is 0 Å². The number of benzene rings is 1. The first kappa shape index (κ1) is 9.21. The highest BCUT2D eigenvalue weighted by Gasteiger charge is 2.13. The Bertz CT molecular complexity index is 372. The van der Waals surface area contributed by atoms with Crippen LogP contribution in [0.4, 0.5) is 5.69 Å². The second-order valence-corrected chi connectivity index (χ2v) is 3.50. The summed E-state index contributed by atoms with van der Waals surface area (Å²) in [6.45, 7) is 0.805. The Labute approximate surface area is 87.0 Å². The van der Waals surface area contributed by atoms with E-state index in [0.29, 0.717) is 10.7 Å². The highest BCUT2D eigenvalue weighted by Crippen LogP contribution is 2.20. The summed E-state index contributed by atoms with van der Waals surface area (Å²) in [4.78, 5) is 10.4. The van der Waals surface area contributed by atoms with Gasteiger partial charge in [-0.15, -0.1) is 0 Å². The summed E-state index contributed by atoms with van der Waals surface area (Å²) in [7, 11) is 0. The first-order valence-corrected chi connectivity index (χ1v) is 4.73. The van der Waals surface area contributed by atoms with E-state index in [2.05, 4.69) is 5.10 Å². The molecule has 72 valence electrons. The van der Waals surface area contributed by atoms with Gasteiger partial charge in [0.15, 0.2) is 0 Å². The molecule has 1 aromatic carbocycles. The van der Waals surface area contributed by atoms with Crippen LogP contribution in [0.3, 0.4) is 0 Å². The third-order valence-corrected chi connectivity index (χ3v) is 2.35. The van der Waals surface area contributed by atoms with Gasteiger partial charge in [-0.3, -0.25) is 9.80 Å². The number of carbonyl (C=O) groups is 1. The molecular formula is C10H9ClN2O. The zero-order valence-electron chi connectivity index (χ0n) is 7.48. The summed E-state index contributed by atoms with van der Waals surface area (Å²) < 4.78 is 0. The molecule has 1 aliphatic rings. The van der Waals surface area contributed by atoms with Crippen LogP contribution in [0.5, 0.6) is 0 Å². The van der Waals surface area contributed by atoms with E-state index in [9.17, 15) is 4.79 Å². The summed E-state index contributed by atoms with van der Waals surface area (Å²) in [6, 6.07) is 7.26. The molecule has 0 radical (unpaired) electrons. The molecule has 0 spiro atoms. The summed E-state index contributed by atoms with van der Waals surface area (Å²) in [6.07, 6.45) is 1.61. The number of hydrogen-bond acceptors (Lipinski definition) is 3. The molecule has 1 aliphatic heterocycles. The van der Waals surface area contributed by atoms with Crippen molar-refractivity contribution in [2.45, 2.75) is 6.42 Å². The molecule has 0 aromatic heterocycles. The van der Waals surface area contributed by atoms with Crippen LogP contribution in [0.2, 0.25) is 0 Å². The second kappa shape index (κ2) is 3.80. The molecule has 0 fully saturated rings. The van der Waals surface area contributed by atoms with E-state index in [1.54, 1.807) is 12.1 Å². The number of rotatable bonds is 2. The molecule has 0 bridgehead atoms. The van der Waals surface area contributed by atoms with E-state index in [-0.39, 0.29) is 0 Å². The zero-order chi connectivity index (χ0) is 9.97. The lowest BCUT2D eigenvalue weighted by Gasteiger charge is -2.12. The van der Waals surface area contributed by atoms with Gasteiger partial charge in [0, 0.05) is 18.5 Å². The molecular weight excluding hydrogens is 200 g/mol. The monoisotopic (exact) mass is 208 g/mol. The van der Waals surface area contributed by atoms with E-state index in [0.717, 1.165) is 24.9 Å². The Kier molecular flexibility index (Phi) is 2.50. The van der Waals surface area contributed by atoms with Crippen molar-refractivity contribution >= 4 is 28.7 Å². The van der Waals surface area contributed by atoms with Crippen molar-refractivity contribution in [2.75, 3.05) is 11.6 Å². The lowest BCUT2D eigenvalue weighted by molar-refractivity contribution is 0.112. The largest absolute Gasteiger partial charge is 0.298 e. The fourth-order valence-corrected chi connectivity index (χ4v) is 1.52. The van der Waals surface area contributed by atoms with Crippen molar-refractivity contribution in [1.29, 1.82) is 0 Å². The summed E-state index contributed by atoms with van der Waals surface area (Å²) in [5.74, 6) is 0. The van der Waals surface area contributed by atoms with E-state index in [4.69, 9.17) is 11.6 Å². The minimum Gasteiger partial charge on any atom is -0.298 e. The summed E-state index contributed by atoms with van der Waals surface area (Å²) >= 11 is 5.77. The van der Waals surface area contributed by atoms with Gasteiger partial charge in [-0.25, -0.2) is 0 Å². The Balaban J connectivity index is 2.21. The van der Waals surface area contributed by atoms with Gasteiger partial charge in [0.05, 0.1) is 5.69 Å². The molecule has 0 atom stereocenters. The number of anilines is 1. The molecule has 2 rings (SSSR count). The number of halogens is 1. The van der Waals surface area contributed by atoms with Gasteiger partial charge in [0.25, 0.3) is 0 Å². The van der Waals surface area contributed by atoms with Gasteiger partial charge >= 0.3 is 0 Å². The van der Waals surface area contributed by atoms with Crippen LogP contribution in [-0.2, 0) is 0 Å². The van der Waals surface area contributed by atoms with Gasteiger partial charge in [0.1, 0.15) is 11.5 Å². The molecule has 1 aromatic rings. The Morgan fingerprint density at radius 2 is 2.07 bits per heavy atom. The number of nitrogens with zero attached hydrogens (tertiary/aromatic N) is 2. The maximum Gasteiger partial charge on any atom is 0.150 e. The molecule has 0 N–H and O–H groups in total. The lowest BCUT2D eigenvalue weighted by atomic mass is 10.2. The van der Waals surface area contributed by atoms with Crippen molar-refractivity contribution in [1.82, 2.24) is 0 Å². The van der Waals surface area contributed by atoms with E-state index < -0.39 is 0 Å². The van der Waals surface area contributed by atoms with Crippen molar-refractivity contribution in [3.05, 3.63) is 29.8 Å². The Hall–Kier alpha value is -1.35. The smallest absolute Gasteiger partial charge is 0.150 e. The molecule has 0 unspecified atom stereocenters. The normalized spacial score (nSPS) is 15.5. The van der Waals surface area contributed by atoms with Crippen molar-refractivity contribution in [3.8, 4) is 0 Å².